The third kappa shape index (κ3) is 2.76. The van der Waals surface area contributed by atoms with Crippen molar-refractivity contribution < 1.29 is 9.90 Å². The molecule has 0 radical (unpaired) electrons. The number of rotatable bonds is 4. The average Bonchev–Trinajstić information content (AvgIpc) is 3.05. The zero-order valence-corrected chi connectivity index (χ0v) is 12.0. The Balaban J connectivity index is 1.97. The second-order valence-corrected chi connectivity index (χ2v) is 5.54. The monoisotopic (exact) mass is 284 g/mol. The molecule has 1 aromatic carbocycles. The number of carbonyl (C=O) groups excluding carboxylic acids is 1. The summed E-state index contributed by atoms with van der Waals surface area (Å²) in [5, 5.41) is 10.3. The lowest BCUT2D eigenvalue weighted by molar-refractivity contribution is 0.0640. The maximum absolute atomic E-state index is 12.9. The third-order valence-corrected chi connectivity index (χ3v) is 4.23. The fourth-order valence-electron chi connectivity index (χ4n) is 3.21. The molecule has 21 heavy (non-hydrogen) atoms. The van der Waals surface area contributed by atoms with Crippen LogP contribution in [0.1, 0.15) is 36.0 Å². The molecule has 1 heterocycles. The van der Waals surface area contributed by atoms with Crippen LogP contribution in [0.4, 0.5) is 0 Å². The second-order valence-electron chi connectivity index (χ2n) is 5.54. The van der Waals surface area contributed by atoms with Crippen molar-refractivity contribution in [3.63, 3.8) is 0 Å². The highest BCUT2D eigenvalue weighted by molar-refractivity contribution is 6.05. The van der Waals surface area contributed by atoms with Gasteiger partial charge in [-0.3, -0.25) is 9.78 Å². The zero-order chi connectivity index (χ0) is 14.7. The van der Waals surface area contributed by atoms with Gasteiger partial charge in [-0.1, -0.05) is 31.0 Å². The number of aromatic nitrogens is 1. The molecule has 0 saturated heterocycles. The molecule has 0 spiro atoms. The van der Waals surface area contributed by atoms with Crippen LogP contribution >= 0.6 is 0 Å². The van der Waals surface area contributed by atoms with Crippen LogP contribution in [0.2, 0.25) is 0 Å². The first-order valence-electron chi connectivity index (χ1n) is 7.57. The Morgan fingerprint density at radius 1 is 1.24 bits per heavy atom. The number of nitrogens with zero attached hydrogens (tertiary/aromatic N) is 2. The van der Waals surface area contributed by atoms with Gasteiger partial charge in [0.2, 0.25) is 0 Å². The van der Waals surface area contributed by atoms with Crippen molar-refractivity contribution in [3.05, 3.63) is 42.1 Å². The first-order valence-corrected chi connectivity index (χ1v) is 7.57. The molecule has 110 valence electrons. The number of hydrogen-bond donors (Lipinski definition) is 1. The predicted molar refractivity (Wildman–Crippen MR) is 82.1 cm³/mol. The Kier molecular flexibility index (Phi) is 4.15. The molecule has 4 heteroatoms. The zero-order valence-electron chi connectivity index (χ0n) is 12.0. The first-order chi connectivity index (χ1) is 10.3. The molecule has 1 amide bonds. The summed E-state index contributed by atoms with van der Waals surface area (Å²) in [6.07, 6.45) is 6.10. The topological polar surface area (TPSA) is 53.4 Å². The van der Waals surface area contributed by atoms with E-state index in [0.717, 1.165) is 36.6 Å². The van der Waals surface area contributed by atoms with Crippen LogP contribution in [-0.2, 0) is 0 Å². The molecule has 1 saturated carbocycles. The molecule has 1 fully saturated rings. The van der Waals surface area contributed by atoms with Crippen LogP contribution in [0.5, 0.6) is 0 Å². The van der Waals surface area contributed by atoms with Crippen molar-refractivity contribution in [2.24, 2.45) is 0 Å². The number of hydrogen-bond acceptors (Lipinski definition) is 3. The Bertz CT molecular complexity index is 630. The number of benzene rings is 1. The van der Waals surface area contributed by atoms with Crippen LogP contribution in [0.15, 0.2) is 36.5 Å². The van der Waals surface area contributed by atoms with E-state index in [4.69, 9.17) is 0 Å². The second kappa shape index (κ2) is 6.22. The van der Waals surface area contributed by atoms with Gasteiger partial charge < -0.3 is 10.0 Å². The lowest BCUT2D eigenvalue weighted by atomic mass is 10.1. The molecule has 4 nitrogen and oxygen atoms in total. The van der Waals surface area contributed by atoms with Crippen molar-refractivity contribution in [1.29, 1.82) is 0 Å². The molecule has 0 atom stereocenters. The Hall–Kier alpha value is -1.94. The van der Waals surface area contributed by atoms with Gasteiger partial charge in [0.25, 0.3) is 5.91 Å². The Morgan fingerprint density at radius 2 is 2.00 bits per heavy atom. The van der Waals surface area contributed by atoms with Crippen molar-refractivity contribution in [1.82, 2.24) is 9.88 Å². The normalized spacial score (nSPS) is 15.5. The van der Waals surface area contributed by atoms with E-state index in [2.05, 4.69) is 4.98 Å². The number of fused-ring (bicyclic) bond motifs is 1. The minimum Gasteiger partial charge on any atom is -0.395 e. The fourth-order valence-corrected chi connectivity index (χ4v) is 3.21. The van der Waals surface area contributed by atoms with Crippen LogP contribution < -0.4 is 0 Å². The molecule has 2 aromatic rings. The number of aliphatic hydroxyl groups excluding tert-OH is 1. The van der Waals surface area contributed by atoms with Crippen molar-refractivity contribution in [2.45, 2.75) is 31.7 Å². The van der Waals surface area contributed by atoms with Gasteiger partial charge in [-0.2, -0.15) is 0 Å². The highest BCUT2D eigenvalue weighted by Gasteiger charge is 2.27. The Morgan fingerprint density at radius 3 is 2.76 bits per heavy atom. The van der Waals surface area contributed by atoms with Gasteiger partial charge in [0.15, 0.2) is 0 Å². The molecule has 0 unspecified atom stereocenters. The molecule has 1 aliphatic carbocycles. The average molecular weight is 284 g/mol. The van der Waals surface area contributed by atoms with E-state index in [-0.39, 0.29) is 18.6 Å². The van der Waals surface area contributed by atoms with E-state index < -0.39 is 0 Å². The third-order valence-electron chi connectivity index (χ3n) is 4.23. The maximum atomic E-state index is 12.9. The summed E-state index contributed by atoms with van der Waals surface area (Å²) in [7, 11) is 0. The lowest BCUT2D eigenvalue weighted by Crippen LogP contribution is -2.40. The van der Waals surface area contributed by atoms with Gasteiger partial charge >= 0.3 is 0 Å². The molecular weight excluding hydrogens is 264 g/mol. The summed E-state index contributed by atoms with van der Waals surface area (Å²) >= 11 is 0. The van der Waals surface area contributed by atoms with Crippen molar-refractivity contribution >= 4 is 16.8 Å². The van der Waals surface area contributed by atoms with E-state index in [1.54, 1.807) is 6.20 Å². The number of aliphatic hydroxyl groups is 1. The van der Waals surface area contributed by atoms with Crippen molar-refractivity contribution in [2.75, 3.05) is 13.2 Å². The SMILES string of the molecule is O=C(c1cccc2cccnc12)N(CCO)C1CCCC1. The van der Waals surface area contributed by atoms with E-state index >= 15 is 0 Å². The molecular formula is C17H20N2O2. The van der Waals surface area contributed by atoms with Crippen LogP contribution in [-0.4, -0.2) is 40.1 Å². The highest BCUT2D eigenvalue weighted by atomic mass is 16.3. The fraction of sp³-hybridized carbons (Fsp3) is 0.412. The number of amides is 1. The molecule has 0 bridgehead atoms. The van der Waals surface area contributed by atoms with Crippen LogP contribution in [0.25, 0.3) is 10.9 Å². The van der Waals surface area contributed by atoms with Crippen molar-refractivity contribution in [3.8, 4) is 0 Å². The van der Waals surface area contributed by atoms with E-state index in [0.29, 0.717) is 12.1 Å². The van der Waals surface area contributed by atoms with E-state index in [1.165, 1.54) is 0 Å². The minimum absolute atomic E-state index is 0.000431. The quantitative estimate of drug-likeness (QED) is 0.939. The van der Waals surface area contributed by atoms with E-state index in [9.17, 15) is 9.90 Å². The molecule has 1 aliphatic rings. The van der Waals surface area contributed by atoms with Crippen LogP contribution in [0.3, 0.4) is 0 Å². The highest BCUT2D eigenvalue weighted by Crippen LogP contribution is 2.26. The number of carbonyl (C=O) groups is 1. The standard InChI is InChI=1S/C17H20N2O2/c20-12-11-19(14-7-1-2-8-14)17(21)15-9-3-5-13-6-4-10-18-16(13)15/h3-6,9-10,14,20H,1-2,7-8,11-12H2. The van der Waals surface area contributed by atoms with Crippen LogP contribution in [0, 0.1) is 0 Å². The number of pyridine rings is 1. The van der Waals surface area contributed by atoms with Gasteiger partial charge in [-0.15, -0.1) is 0 Å². The lowest BCUT2D eigenvalue weighted by Gasteiger charge is -2.28. The minimum atomic E-state index is -0.0137. The molecule has 1 N–H and O–H groups in total. The molecule has 1 aromatic heterocycles. The number of para-hydroxylation sites is 1. The Labute approximate surface area is 124 Å². The smallest absolute Gasteiger partial charge is 0.256 e. The summed E-state index contributed by atoms with van der Waals surface area (Å²) in [5.41, 5.74) is 1.37. The first kappa shape index (κ1) is 14.0. The van der Waals surface area contributed by atoms with Gasteiger partial charge in [-0.25, -0.2) is 0 Å². The van der Waals surface area contributed by atoms with Gasteiger partial charge in [0.1, 0.15) is 0 Å². The van der Waals surface area contributed by atoms with E-state index in [1.807, 2.05) is 35.2 Å². The molecule has 0 aliphatic heterocycles. The summed E-state index contributed by atoms with van der Waals surface area (Å²) in [6, 6.07) is 9.78. The maximum Gasteiger partial charge on any atom is 0.256 e. The van der Waals surface area contributed by atoms with Gasteiger partial charge in [0.05, 0.1) is 17.7 Å². The largest absolute Gasteiger partial charge is 0.395 e. The summed E-state index contributed by atoms with van der Waals surface area (Å²) in [5.74, 6) is -0.0137. The van der Waals surface area contributed by atoms with Gasteiger partial charge in [-0.05, 0) is 25.0 Å². The molecule has 3 rings (SSSR count). The summed E-state index contributed by atoms with van der Waals surface area (Å²) in [4.78, 5) is 19.1. The predicted octanol–water partition coefficient (Wildman–Crippen LogP) is 2.61. The summed E-state index contributed by atoms with van der Waals surface area (Å²) in [6.45, 7) is 0.396. The van der Waals surface area contributed by atoms with Gasteiger partial charge in [0, 0.05) is 24.2 Å². The summed E-state index contributed by atoms with van der Waals surface area (Å²) < 4.78 is 0.